The maximum Gasteiger partial charge on any atom is 0.175 e. The Hall–Kier alpha value is -1.26. The molecule has 0 amide bonds. The second-order valence-electron chi connectivity index (χ2n) is 2.85. The second kappa shape index (κ2) is 3.86. The average Bonchev–Trinajstić information content (AvgIpc) is 2.19. The van der Waals surface area contributed by atoms with Crippen LogP contribution >= 0.6 is 24.4 Å². The smallest absolute Gasteiger partial charge is 0.175 e. The third-order valence-corrected chi connectivity index (χ3v) is 2.45. The Balaban J connectivity index is 2.64. The van der Waals surface area contributed by atoms with E-state index in [-0.39, 0.29) is 0 Å². The molecule has 2 nitrogen and oxygen atoms in total. The summed E-state index contributed by atoms with van der Waals surface area (Å²) in [4.78, 5) is 5.84. The molecule has 4 heteroatoms. The lowest BCUT2D eigenvalue weighted by Crippen LogP contribution is -1.86. The highest BCUT2D eigenvalue weighted by Gasteiger charge is 1.97. The lowest BCUT2D eigenvalue weighted by Gasteiger charge is -2.00. The molecular formula is C10H8N2S2. The monoisotopic (exact) mass is 220 g/mol. The summed E-state index contributed by atoms with van der Waals surface area (Å²) < 4.78 is 1.22. The summed E-state index contributed by atoms with van der Waals surface area (Å²) in [6, 6.07) is 9.95. The van der Waals surface area contributed by atoms with E-state index in [4.69, 9.17) is 24.4 Å². The van der Waals surface area contributed by atoms with E-state index in [0.29, 0.717) is 9.41 Å². The molecule has 2 N–H and O–H groups in total. The van der Waals surface area contributed by atoms with Gasteiger partial charge in [-0.15, -0.1) is 0 Å². The molecule has 1 aromatic carbocycles. The number of rotatable bonds is 1. The quantitative estimate of drug-likeness (QED) is 0.721. The lowest BCUT2D eigenvalue weighted by atomic mass is 10.1. The predicted octanol–water partition coefficient (Wildman–Crippen LogP) is 3.47. The van der Waals surface area contributed by atoms with Crippen molar-refractivity contribution in [2.24, 2.45) is 0 Å². The Morgan fingerprint density at radius 2 is 1.71 bits per heavy atom. The van der Waals surface area contributed by atoms with Gasteiger partial charge in [-0.2, -0.15) is 0 Å². The average molecular weight is 220 g/mol. The molecule has 70 valence electrons. The first-order valence-corrected chi connectivity index (χ1v) is 4.96. The Morgan fingerprint density at radius 3 is 2.36 bits per heavy atom. The maximum atomic E-state index is 5.18. The van der Waals surface area contributed by atoms with Gasteiger partial charge in [-0.25, -0.2) is 0 Å². The van der Waals surface area contributed by atoms with Crippen LogP contribution in [0.1, 0.15) is 0 Å². The highest BCUT2D eigenvalue weighted by Crippen LogP contribution is 2.17. The third kappa shape index (κ3) is 1.81. The zero-order chi connectivity index (χ0) is 9.97. The van der Waals surface area contributed by atoms with E-state index in [1.807, 2.05) is 36.5 Å². The number of hydrogen-bond acceptors (Lipinski definition) is 2. The van der Waals surface area contributed by atoms with Gasteiger partial charge in [0, 0.05) is 11.8 Å². The topological polar surface area (TPSA) is 31.6 Å². The molecule has 1 heterocycles. The van der Waals surface area contributed by atoms with Gasteiger partial charge in [0.05, 0.1) is 0 Å². The molecule has 0 fully saturated rings. The van der Waals surface area contributed by atoms with Gasteiger partial charge >= 0.3 is 0 Å². The number of aromatic amines is 2. The molecule has 0 atom stereocenters. The number of H-pyrrole nitrogens is 2. The SMILES string of the molecule is S=c1[nH]cc(-c2ccccc2)c(=S)[nH]1. The van der Waals surface area contributed by atoms with Crippen LogP contribution < -0.4 is 0 Å². The Labute approximate surface area is 91.6 Å². The summed E-state index contributed by atoms with van der Waals surface area (Å²) in [6.07, 6.45) is 1.83. The second-order valence-corrected chi connectivity index (χ2v) is 3.67. The van der Waals surface area contributed by atoms with Crippen LogP contribution in [0, 0.1) is 9.41 Å². The van der Waals surface area contributed by atoms with E-state index in [1.54, 1.807) is 0 Å². The van der Waals surface area contributed by atoms with Gasteiger partial charge < -0.3 is 9.97 Å². The molecule has 0 aliphatic heterocycles. The molecule has 0 saturated carbocycles. The summed E-state index contributed by atoms with van der Waals surface area (Å²) in [5.74, 6) is 0. The largest absolute Gasteiger partial charge is 0.338 e. The summed E-state index contributed by atoms with van der Waals surface area (Å²) in [5.41, 5.74) is 2.05. The molecule has 0 saturated heterocycles. The molecule has 0 spiro atoms. The van der Waals surface area contributed by atoms with Crippen molar-refractivity contribution >= 4 is 24.4 Å². The zero-order valence-corrected chi connectivity index (χ0v) is 8.91. The van der Waals surface area contributed by atoms with Crippen molar-refractivity contribution in [1.82, 2.24) is 9.97 Å². The first-order chi connectivity index (χ1) is 6.77. The van der Waals surface area contributed by atoms with Crippen LogP contribution in [0.25, 0.3) is 11.1 Å². The van der Waals surface area contributed by atoms with Crippen LogP contribution in [0.4, 0.5) is 0 Å². The minimum atomic E-state index is 0.551. The minimum Gasteiger partial charge on any atom is -0.338 e. The first kappa shape index (κ1) is 9.30. The molecule has 0 aliphatic rings. The van der Waals surface area contributed by atoms with E-state index in [1.165, 1.54) is 0 Å². The molecule has 0 unspecified atom stereocenters. The van der Waals surface area contributed by atoms with Crippen molar-refractivity contribution in [3.63, 3.8) is 0 Å². The number of nitrogens with one attached hydrogen (secondary N) is 2. The van der Waals surface area contributed by atoms with Crippen molar-refractivity contribution < 1.29 is 0 Å². The summed E-state index contributed by atoms with van der Waals surface area (Å²) >= 11 is 10.1. The number of aromatic nitrogens is 2. The fourth-order valence-corrected chi connectivity index (χ4v) is 1.75. The highest BCUT2D eigenvalue weighted by molar-refractivity contribution is 7.72. The number of benzene rings is 1. The van der Waals surface area contributed by atoms with Crippen molar-refractivity contribution in [2.75, 3.05) is 0 Å². The van der Waals surface area contributed by atoms with Gasteiger partial charge in [-0.05, 0) is 17.8 Å². The fraction of sp³-hybridized carbons (Fsp3) is 0. The van der Waals surface area contributed by atoms with Crippen molar-refractivity contribution in [3.8, 4) is 11.1 Å². The molecule has 1 aromatic heterocycles. The van der Waals surface area contributed by atoms with E-state index < -0.39 is 0 Å². The molecule has 14 heavy (non-hydrogen) atoms. The normalized spacial score (nSPS) is 10.0. The Kier molecular flexibility index (Phi) is 2.56. The van der Waals surface area contributed by atoms with E-state index >= 15 is 0 Å². The fourth-order valence-electron chi connectivity index (χ4n) is 1.24. The van der Waals surface area contributed by atoms with Crippen LogP contribution in [0.3, 0.4) is 0 Å². The third-order valence-electron chi connectivity index (χ3n) is 1.90. The maximum absolute atomic E-state index is 5.18. The minimum absolute atomic E-state index is 0.551. The van der Waals surface area contributed by atoms with E-state index in [0.717, 1.165) is 11.1 Å². The van der Waals surface area contributed by atoms with E-state index in [2.05, 4.69) is 9.97 Å². The van der Waals surface area contributed by atoms with Gasteiger partial charge in [-0.1, -0.05) is 42.5 Å². The summed E-state index contributed by atoms with van der Waals surface area (Å²) in [7, 11) is 0. The van der Waals surface area contributed by atoms with E-state index in [9.17, 15) is 0 Å². The van der Waals surface area contributed by atoms with Crippen LogP contribution in [0.5, 0.6) is 0 Å². The Morgan fingerprint density at radius 1 is 1.00 bits per heavy atom. The highest BCUT2D eigenvalue weighted by atomic mass is 32.1. The standard InChI is InChI=1S/C10H8N2S2/c13-9-8(6-11-10(14)12-9)7-4-2-1-3-5-7/h1-6H,(H2,11,12,13,14). The van der Waals surface area contributed by atoms with Crippen LogP contribution in [-0.4, -0.2) is 9.97 Å². The predicted molar refractivity (Wildman–Crippen MR) is 62.2 cm³/mol. The van der Waals surface area contributed by atoms with Crippen LogP contribution in [0.15, 0.2) is 36.5 Å². The zero-order valence-electron chi connectivity index (χ0n) is 7.28. The van der Waals surface area contributed by atoms with Gasteiger partial charge in [0.1, 0.15) is 4.64 Å². The number of hydrogen-bond donors (Lipinski definition) is 2. The molecule has 2 rings (SSSR count). The summed E-state index contributed by atoms with van der Waals surface area (Å²) in [5, 5.41) is 0. The summed E-state index contributed by atoms with van der Waals surface area (Å²) in [6.45, 7) is 0. The van der Waals surface area contributed by atoms with Gasteiger partial charge in [-0.3, -0.25) is 0 Å². The van der Waals surface area contributed by atoms with Crippen molar-refractivity contribution in [2.45, 2.75) is 0 Å². The first-order valence-electron chi connectivity index (χ1n) is 4.15. The molecule has 0 aliphatic carbocycles. The Bertz CT molecular complexity index is 540. The van der Waals surface area contributed by atoms with Crippen LogP contribution in [-0.2, 0) is 0 Å². The lowest BCUT2D eigenvalue weighted by molar-refractivity contribution is 1.12. The van der Waals surface area contributed by atoms with Crippen molar-refractivity contribution in [3.05, 3.63) is 45.9 Å². The van der Waals surface area contributed by atoms with Crippen LogP contribution in [0.2, 0.25) is 0 Å². The van der Waals surface area contributed by atoms with Gasteiger partial charge in [0.25, 0.3) is 0 Å². The van der Waals surface area contributed by atoms with Gasteiger partial charge in [0.15, 0.2) is 4.77 Å². The van der Waals surface area contributed by atoms with Crippen molar-refractivity contribution in [1.29, 1.82) is 0 Å². The molecule has 2 aromatic rings. The van der Waals surface area contributed by atoms with Gasteiger partial charge in [0.2, 0.25) is 0 Å². The molecule has 0 bridgehead atoms. The molecule has 0 radical (unpaired) electrons. The molecular weight excluding hydrogens is 212 g/mol.